The summed E-state index contributed by atoms with van der Waals surface area (Å²) >= 11 is 0. The van der Waals surface area contributed by atoms with Crippen molar-refractivity contribution in [2.75, 3.05) is 45.9 Å². The first-order valence-electron chi connectivity index (χ1n) is 7.40. The molecule has 18 heavy (non-hydrogen) atoms. The number of hydrogen-bond acceptors (Lipinski definition) is 4. The molecule has 2 atom stereocenters. The third kappa shape index (κ3) is 4.84. The van der Waals surface area contributed by atoms with Gasteiger partial charge in [0.2, 0.25) is 0 Å². The van der Waals surface area contributed by atoms with Crippen LogP contribution < -0.4 is 5.32 Å². The van der Waals surface area contributed by atoms with Crippen molar-refractivity contribution in [1.29, 1.82) is 0 Å². The fourth-order valence-corrected chi connectivity index (χ4v) is 2.67. The molecule has 2 aliphatic rings. The molecule has 0 saturated carbocycles. The van der Waals surface area contributed by atoms with Crippen molar-refractivity contribution in [2.24, 2.45) is 5.92 Å². The van der Waals surface area contributed by atoms with Crippen molar-refractivity contribution in [3.05, 3.63) is 0 Å². The summed E-state index contributed by atoms with van der Waals surface area (Å²) in [6, 6.07) is 0. The van der Waals surface area contributed by atoms with Gasteiger partial charge in [-0.2, -0.15) is 0 Å². The molecule has 2 heterocycles. The number of ether oxygens (including phenoxy) is 2. The summed E-state index contributed by atoms with van der Waals surface area (Å²) < 4.78 is 11.5. The Balaban J connectivity index is 1.59. The molecule has 4 nitrogen and oxygen atoms in total. The third-order valence-electron chi connectivity index (χ3n) is 3.69. The highest BCUT2D eigenvalue weighted by molar-refractivity contribution is 4.78. The molecule has 2 unspecified atom stereocenters. The fourth-order valence-electron chi connectivity index (χ4n) is 2.67. The van der Waals surface area contributed by atoms with E-state index in [0.29, 0.717) is 12.2 Å². The molecule has 0 radical (unpaired) electrons. The number of hydrogen-bond donors (Lipinski definition) is 1. The van der Waals surface area contributed by atoms with Crippen LogP contribution in [-0.4, -0.2) is 63.0 Å². The predicted octanol–water partition coefficient (Wildman–Crippen LogP) is 1.11. The van der Waals surface area contributed by atoms with E-state index in [9.17, 15) is 0 Å². The summed E-state index contributed by atoms with van der Waals surface area (Å²) in [5.41, 5.74) is 0. The lowest BCUT2D eigenvalue weighted by Crippen LogP contribution is -2.41. The Kier molecular flexibility index (Phi) is 5.89. The molecule has 0 spiro atoms. The van der Waals surface area contributed by atoms with Crippen LogP contribution in [0.15, 0.2) is 0 Å². The third-order valence-corrected chi connectivity index (χ3v) is 3.69. The van der Waals surface area contributed by atoms with Crippen LogP contribution in [0.3, 0.4) is 0 Å². The van der Waals surface area contributed by atoms with E-state index in [4.69, 9.17) is 9.47 Å². The SMILES string of the molecule is CC(C)CNCC1CCC(CN2CCOCC2)O1. The lowest BCUT2D eigenvalue weighted by molar-refractivity contribution is -0.0108. The second-order valence-electron chi connectivity index (χ2n) is 5.92. The maximum absolute atomic E-state index is 6.10. The molecule has 0 amide bonds. The Morgan fingerprint density at radius 2 is 1.89 bits per heavy atom. The van der Waals surface area contributed by atoms with E-state index in [1.165, 1.54) is 12.8 Å². The zero-order valence-electron chi connectivity index (χ0n) is 11.9. The maximum atomic E-state index is 6.10. The molecule has 0 bridgehead atoms. The smallest absolute Gasteiger partial charge is 0.0707 e. The molecule has 2 rings (SSSR count). The first kappa shape index (κ1) is 14.3. The van der Waals surface area contributed by atoms with Gasteiger partial charge in [-0.3, -0.25) is 4.90 Å². The standard InChI is InChI=1S/C14H28N2O2/c1-12(2)9-15-10-13-3-4-14(18-13)11-16-5-7-17-8-6-16/h12-15H,3-11H2,1-2H3. The summed E-state index contributed by atoms with van der Waals surface area (Å²) in [6.45, 7) is 11.6. The summed E-state index contributed by atoms with van der Waals surface area (Å²) in [4.78, 5) is 2.47. The first-order valence-corrected chi connectivity index (χ1v) is 7.40. The van der Waals surface area contributed by atoms with Gasteiger partial charge in [0.1, 0.15) is 0 Å². The molecule has 0 aliphatic carbocycles. The van der Waals surface area contributed by atoms with Crippen molar-refractivity contribution in [3.8, 4) is 0 Å². The fraction of sp³-hybridized carbons (Fsp3) is 1.00. The number of rotatable bonds is 6. The number of nitrogens with zero attached hydrogens (tertiary/aromatic N) is 1. The van der Waals surface area contributed by atoms with Gasteiger partial charge in [0.15, 0.2) is 0 Å². The van der Waals surface area contributed by atoms with Gasteiger partial charge < -0.3 is 14.8 Å². The van der Waals surface area contributed by atoms with Crippen LogP contribution in [0.2, 0.25) is 0 Å². The second-order valence-corrected chi connectivity index (χ2v) is 5.92. The van der Waals surface area contributed by atoms with Crippen LogP contribution in [0, 0.1) is 5.92 Å². The topological polar surface area (TPSA) is 33.7 Å². The Labute approximate surface area is 111 Å². The van der Waals surface area contributed by atoms with E-state index in [0.717, 1.165) is 51.9 Å². The molecule has 2 fully saturated rings. The largest absolute Gasteiger partial charge is 0.379 e. The Bertz CT molecular complexity index is 230. The zero-order chi connectivity index (χ0) is 12.8. The van der Waals surface area contributed by atoms with Crippen LogP contribution in [0.25, 0.3) is 0 Å². The minimum absolute atomic E-state index is 0.426. The van der Waals surface area contributed by atoms with E-state index in [1.54, 1.807) is 0 Å². The minimum atomic E-state index is 0.426. The second kappa shape index (κ2) is 7.43. The van der Waals surface area contributed by atoms with Gasteiger partial charge in [0.25, 0.3) is 0 Å². The Morgan fingerprint density at radius 3 is 2.61 bits per heavy atom. The number of nitrogens with one attached hydrogen (secondary N) is 1. The molecule has 0 aromatic rings. The van der Waals surface area contributed by atoms with Gasteiger partial charge in [0, 0.05) is 26.2 Å². The normalized spacial score (nSPS) is 30.2. The quantitative estimate of drug-likeness (QED) is 0.772. The summed E-state index contributed by atoms with van der Waals surface area (Å²) in [6.07, 6.45) is 3.29. The molecule has 1 N–H and O–H groups in total. The molecule has 106 valence electrons. The molecule has 2 saturated heterocycles. The highest BCUT2D eigenvalue weighted by Gasteiger charge is 2.27. The van der Waals surface area contributed by atoms with Gasteiger partial charge in [-0.25, -0.2) is 0 Å². The van der Waals surface area contributed by atoms with Crippen molar-refractivity contribution in [1.82, 2.24) is 10.2 Å². The van der Waals surface area contributed by atoms with Gasteiger partial charge in [-0.15, -0.1) is 0 Å². The van der Waals surface area contributed by atoms with Crippen molar-refractivity contribution in [3.63, 3.8) is 0 Å². The monoisotopic (exact) mass is 256 g/mol. The van der Waals surface area contributed by atoms with Crippen LogP contribution in [0.1, 0.15) is 26.7 Å². The number of morpholine rings is 1. The summed E-state index contributed by atoms with van der Waals surface area (Å²) in [7, 11) is 0. The molecule has 2 aliphatic heterocycles. The van der Waals surface area contributed by atoms with Gasteiger partial charge in [-0.1, -0.05) is 13.8 Å². The van der Waals surface area contributed by atoms with E-state index < -0.39 is 0 Å². The van der Waals surface area contributed by atoms with Crippen LogP contribution >= 0.6 is 0 Å². The Morgan fingerprint density at radius 1 is 1.17 bits per heavy atom. The van der Waals surface area contributed by atoms with Gasteiger partial charge >= 0.3 is 0 Å². The molecule has 4 heteroatoms. The average Bonchev–Trinajstić information content (AvgIpc) is 2.78. The molecule has 0 aromatic carbocycles. The van der Waals surface area contributed by atoms with Crippen molar-refractivity contribution < 1.29 is 9.47 Å². The lowest BCUT2D eigenvalue weighted by atomic mass is 10.1. The maximum Gasteiger partial charge on any atom is 0.0707 e. The van der Waals surface area contributed by atoms with Crippen LogP contribution in [0.4, 0.5) is 0 Å². The van der Waals surface area contributed by atoms with E-state index in [2.05, 4.69) is 24.1 Å². The summed E-state index contributed by atoms with van der Waals surface area (Å²) in [5, 5.41) is 3.49. The van der Waals surface area contributed by atoms with Gasteiger partial charge in [-0.05, 0) is 25.3 Å². The summed E-state index contributed by atoms with van der Waals surface area (Å²) in [5.74, 6) is 0.718. The zero-order valence-corrected chi connectivity index (χ0v) is 11.9. The van der Waals surface area contributed by atoms with E-state index in [-0.39, 0.29) is 0 Å². The minimum Gasteiger partial charge on any atom is -0.379 e. The van der Waals surface area contributed by atoms with E-state index in [1.807, 2.05) is 0 Å². The molecule has 0 aromatic heterocycles. The lowest BCUT2D eigenvalue weighted by Gasteiger charge is -2.29. The highest BCUT2D eigenvalue weighted by atomic mass is 16.5. The van der Waals surface area contributed by atoms with Crippen molar-refractivity contribution in [2.45, 2.75) is 38.9 Å². The molecular formula is C14H28N2O2. The molecular weight excluding hydrogens is 228 g/mol. The van der Waals surface area contributed by atoms with Crippen LogP contribution in [0.5, 0.6) is 0 Å². The average molecular weight is 256 g/mol. The van der Waals surface area contributed by atoms with Crippen molar-refractivity contribution >= 4 is 0 Å². The Hall–Kier alpha value is -0.160. The van der Waals surface area contributed by atoms with Crippen LogP contribution in [-0.2, 0) is 9.47 Å². The van der Waals surface area contributed by atoms with Gasteiger partial charge in [0.05, 0.1) is 25.4 Å². The van der Waals surface area contributed by atoms with E-state index >= 15 is 0 Å². The highest BCUT2D eigenvalue weighted by Crippen LogP contribution is 2.20. The first-order chi connectivity index (χ1) is 8.74. The predicted molar refractivity (Wildman–Crippen MR) is 72.9 cm³/mol.